The third-order valence-electron chi connectivity index (χ3n) is 9.59. The molecule has 1 aliphatic carbocycles. The van der Waals surface area contributed by atoms with Crippen LogP contribution in [0.5, 0.6) is 0 Å². The molecule has 0 aromatic heterocycles. The first-order valence-electron chi connectivity index (χ1n) is 19.1. The van der Waals surface area contributed by atoms with Crippen LogP contribution in [0.4, 0.5) is 5.69 Å². The summed E-state index contributed by atoms with van der Waals surface area (Å²) in [6.07, 6.45) is 5.94. The second-order valence-electron chi connectivity index (χ2n) is 14.9. The summed E-state index contributed by atoms with van der Waals surface area (Å²) in [6, 6.07) is 11.9. The molecule has 2 aliphatic heterocycles. The number of fused-ring (bicyclic) bond motifs is 2. The fourth-order valence-electron chi connectivity index (χ4n) is 6.68. The van der Waals surface area contributed by atoms with Crippen LogP contribution in [0.1, 0.15) is 69.3 Å². The van der Waals surface area contributed by atoms with Gasteiger partial charge in [-0.1, -0.05) is 32.9 Å². The number of methoxy groups -OCH3 is 2. The van der Waals surface area contributed by atoms with Crippen molar-refractivity contribution in [3.63, 3.8) is 0 Å². The monoisotopic (exact) mass is 870 g/mol. The zero-order valence-electron chi connectivity index (χ0n) is 34.8. The molecule has 3 aliphatic rings. The van der Waals surface area contributed by atoms with E-state index in [1.54, 1.807) is 19.1 Å². The Balaban J connectivity index is 0.00000930. The van der Waals surface area contributed by atoms with Crippen molar-refractivity contribution in [3.05, 3.63) is 82.6 Å². The molecule has 15 nitrogen and oxygen atoms in total. The van der Waals surface area contributed by atoms with E-state index in [0.717, 1.165) is 22.2 Å². The quantitative estimate of drug-likeness (QED) is 0.0619. The number of ether oxygens (including phenoxy) is 4. The predicted octanol–water partition coefficient (Wildman–Crippen LogP) is 1.38. The summed E-state index contributed by atoms with van der Waals surface area (Å²) in [6.45, 7) is 10.3. The molecule has 0 amide bonds. The van der Waals surface area contributed by atoms with Crippen LogP contribution >= 0.6 is 0 Å². The summed E-state index contributed by atoms with van der Waals surface area (Å²) in [5, 5.41) is 10.3. The molecule has 0 radical (unpaired) electrons. The van der Waals surface area contributed by atoms with Crippen molar-refractivity contribution < 1.29 is 88.8 Å². The maximum atomic E-state index is 12.0. The van der Waals surface area contributed by atoms with Crippen LogP contribution in [-0.4, -0.2) is 116 Å². The van der Waals surface area contributed by atoms with Crippen LogP contribution in [0.3, 0.4) is 0 Å². The number of carbonyl (C=O) groups is 1. The zero-order chi connectivity index (χ0) is 42.5. The fourth-order valence-corrected chi connectivity index (χ4v) is 7.67. The van der Waals surface area contributed by atoms with Crippen molar-refractivity contribution in [2.75, 3.05) is 84.1 Å². The van der Waals surface area contributed by atoms with E-state index < -0.39 is 42.8 Å². The van der Waals surface area contributed by atoms with E-state index in [2.05, 4.69) is 4.58 Å². The van der Waals surface area contributed by atoms with Crippen LogP contribution in [-0.2, 0) is 49.4 Å². The molecule has 4 rings (SSSR count). The molecule has 1 N–H and O–H groups in total. The molecule has 0 fully saturated rings. The molecule has 59 heavy (non-hydrogen) atoms. The molecule has 320 valence electrons. The van der Waals surface area contributed by atoms with Crippen molar-refractivity contribution in [2.24, 2.45) is 0 Å². The summed E-state index contributed by atoms with van der Waals surface area (Å²) in [4.78, 5) is 12.8. The van der Waals surface area contributed by atoms with E-state index in [-0.39, 0.29) is 60.8 Å². The molecular formula is C41H55N2NaO13S2. The Morgan fingerprint density at radius 1 is 0.915 bits per heavy atom. The van der Waals surface area contributed by atoms with Gasteiger partial charge in [0, 0.05) is 67.3 Å². The predicted molar refractivity (Wildman–Crippen MR) is 217 cm³/mol. The van der Waals surface area contributed by atoms with Gasteiger partial charge in [0.25, 0.3) is 0 Å². The Morgan fingerprint density at radius 3 is 2.15 bits per heavy atom. The zero-order valence-corrected chi connectivity index (χ0v) is 38.4. The summed E-state index contributed by atoms with van der Waals surface area (Å²) in [5.74, 6) is -0.759. The molecule has 1 aromatic rings. The van der Waals surface area contributed by atoms with E-state index in [4.69, 9.17) is 23.4 Å². The minimum absolute atomic E-state index is 0. The Morgan fingerprint density at radius 2 is 1.58 bits per heavy atom. The van der Waals surface area contributed by atoms with Crippen molar-refractivity contribution in [3.8, 4) is 11.3 Å². The normalized spacial score (nSPS) is 15.3. The van der Waals surface area contributed by atoms with Crippen LogP contribution in [0.15, 0.2) is 69.6 Å². The van der Waals surface area contributed by atoms with Crippen LogP contribution in [0.25, 0.3) is 17.4 Å². The first-order chi connectivity index (χ1) is 27.4. The molecular weight excluding hydrogens is 816 g/mol. The maximum Gasteiger partial charge on any atom is 1.00 e. The van der Waals surface area contributed by atoms with Gasteiger partial charge in [-0.2, -0.15) is 0 Å². The van der Waals surface area contributed by atoms with Gasteiger partial charge in [-0.05, 0) is 66.8 Å². The number of hydrogen-bond donors (Lipinski definition) is 1. The van der Waals surface area contributed by atoms with Gasteiger partial charge in [-0.15, -0.1) is 0 Å². The number of rotatable bonds is 23. The van der Waals surface area contributed by atoms with Crippen LogP contribution in [0, 0.1) is 0 Å². The minimum Gasteiger partial charge on any atom is -0.748 e. The number of nitrogens with zero attached hydrogens (tertiary/aromatic N) is 2. The third-order valence-corrected chi connectivity index (χ3v) is 11.2. The van der Waals surface area contributed by atoms with Gasteiger partial charge in [-0.3, -0.25) is 4.79 Å². The second kappa shape index (κ2) is 23.3. The first-order valence-corrected chi connectivity index (χ1v) is 22.1. The van der Waals surface area contributed by atoms with Crippen molar-refractivity contribution >= 4 is 38.0 Å². The van der Waals surface area contributed by atoms with E-state index in [1.807, 2.05) is 63.3 Å². The Kier molecular flexibility index (Phi) is 19.9. The van der Waals surface area contributed by atoms with Gasteiger partial charge in [0.05, 0.1) is 47.5 Å². The minimum atomic E-state index is -4.82. The molecule has 1 aromatic carbocycles. The van der Waals surface area contributed by atoms with E-state index in [0.29, 0.717) is 81.9 Å². The van der Waals surface area contributed by atoms with E-state index >= 15 is 0 Å². The van der Waals surface area contributed by atoms with Gasteiger partial charge in [-0.25, -0.2) is 21.4 Å². The summed E-state index contributed by atoms with van der Waals surface area (Å²) in [5.41, 5.74) is 2.98. The molecule has 0 saturated heterocycles. The number of anilines is 1. The van der Waals surface area contributed by atoms with Crippen molar-refractivity contribution in [1.82, 2.24) is 4.58 Å². The number of carboxylic acid groups (broad SMARTS) is 1. The number of hydrogen-bond acceptors (Lipinski definition) is 13. The molecule has 1 unspecified atom stereocenters. The number of benzene rings is 2. The Bertz CT molecular complexity index is 2160. The van der Waals surface area contributed by atoms with Gasteiger partial charge >= 0.3 is 35.5 Å². The van der Waals surface area contributed by atoms with Gasteiger partial charge < -0.3 is 42.5 Å². The molecule has 0 saturated carbocycles. The summed E-state index contributed by atoms with van der Waals surface area (Å²) < 4.78 is 101. The standard InChI is InChI=1S/C41H56N2O13S2.Na/c1-41(2,3)39-27-30(33-15-13-31(28-38(33)56-39)42(18-20-54-24-22-52-4)19-21-55-25-23-53-5)9-6-11-36-34(10-7-12-40(44)45)35-29-32(58(49,50)51)14-16-37(35)43(36)17-8-26-57(46,47)48;/h6,9,11,13-16,27-29,34H,7-8,10,12,17-26H2,1-5H3,(H2-,44,45,46,47,48,49,50,51);/q;+1/p-1. The molecule has 18 heteroatoms. The van der Waals surface area contributed by atoms with E-state index in [9.17, 15) is 35.8 Å². The van der Waals surface area contributed by atoms with Gasteiger partial charge in [0.1, 0.15) is 34.9 Å². The third kappa shape index (κ3) is 15.5. The number of aliphatic carboxylic acids is 1. The average Bonchev–Trinajstić information content (AvgIpc) is 3.43. The largest absolute Gasteiger partial charge is 1.00 e. The number of carboxylic acids is 1. The molecule has 0 spiro atoms. The number of allylic oxidation sites excluding steroid dienone is 3. The van der Waals surface area contributed by atoms with Crippen LogP contribution in [0.2, 0.25) is 0 Å². The summed E-state index contributed by atoms with van der Waals surface area (Å²) in [7, 11) is -6.09. The topological polar surface area (TPSA) is 208 Å². The van der Waals surface area contributed by atoms with Crippen molar-refractivity contribution in [1.29, 1.82) is 0 Å². The fraction of sp³-hybridized carbons (Fsp3) is 0.512. The maximum absolute atomic E-state index is 12.0. The van der Waals surface area contributed by atoms with Gasteiger partial charge in [0.15, 0.2) is 13.1 Å². The average molecular weight is 871 g/mol. The molecule has 2 heterocycles. The van der Waals surface area contributed by atoms with Crippen molar-refractivity contribution in [2.45, 2.75) is 62.7 Å². The smallest absolute Gasteiger partial charge is 0.748 e. The Labute approximate surface area is 369 Å². The second-order valence-corrected chi connectivity index (χ2v) is 17.8. The Hall–Kier alpha value is -2.94. The SMILES string of the molecule is COCCOCC[N+](CCOCCOC)=c1ccc2c(/C=C/C=C3/C(CCCC(=O)O)c4cc(S(=O)(=O)[O-])ccc4N3CCCS(=O)(=O)[O-])cc(C(C)(C)C)oc-2c1.[Na+]. The first kappa shape index (κ1) is 50.4. The van der Waals surface area contributed by atoms with Crippen LogP contribution < -0.4 is 44.4 Å². The molecule has 0 bridgehead atoms. The molecule has 1 atom stereocenters. The van der Waals surface area contributed by atoms with Gasteiger partial charge in [0.2, 0.25) is 5.36 Å². The van der Waals surface area contributed by atoms with E-state index in [1.165, 1.54) is 18.2 Å². The summed E-state index contributed by atoms with van der Waals surface area (Å²) >= 11 is 0.